The number of rotatable bonds is 7. The second-order valence-corrected chi connectivity index (χ2v) is 9.12. The molecule has 0 fully saturated rings. The first-order valence-corrected chi connectivity index (χ1v) is 12.3. The topological polar surface area (TPSA) is 138 Å². The van der Waals surface area contributed by atoms with Crippen LogP contribution in [0, 0.1) is 0 Å². The van der Waals surface area contributed by atoms with Crippen molar-refractivity contribution in [3.63, 3.8) is 0 Å². The van der Waals surface area contributed by atoms with Gasteiger partial charge < -0.3 is 40.4 Å². The largest absolute Gasteiger partial charge is 0.508 e. The number of amides is 1. The molecule has 0 radical (unpaired) electrons. The predicted molar refractivity (Wildman–Crippen MR) is 142 cm³/mol. The van der Waals surface area contributed by atoms with E-state index in [0.29, 0.717) is 64.3 Å². The number of phenolic OH excluding ortho intramolecular Hbond substituents is 2. The van der Waals surface area contributed by atoms with Crippen molar-refractivity contribution in [2.24, 2.45) is 0 Å². The minimum absolute atomic E-state index is 0.00975. The lowest BCUT2D eigenvalue weighted by Gasteiger charge is -2.36. The van der Waals surface area contributed by atoms with E-state index in [4.69, 9.17) is 26.4 Å². The van der Waals surface area contributed by atoms with Crippen LogP contribution in [-0.4, -0.2) is 54.0 Å². The molecule has 0 atom stereocenters. The number of phenols is 2. The van der Waals surface area contributed by atoms with Crippen LogP contribution in [0.25, 0.3) is 0 Å². The van der Waals surface area contributed by atoms with Crippen molar-refractivity contribution in [1.82, 2.24) is 10.6 Å². The third-order valence-corrected chi connectivity index (χ3v) is 6.56. The Morgan fingerprint density at radius 3 is 2.29 bits per heavy atom. The van der Waals surface area contributed by atoms with Gasteiger partial charge in [-0.3, -0.25) is 4.79 Å². The average Bonchev–Trinajstić information content (AvgIpc) is 3.17. The summed E-state index contributed by atoms with van der Waals surface area (Å²) in [5, 5.41) is 29.0. The lowest BCUT2D eigenvalue weighted by Crippen LogP contribution is -2.33. The maximum absolute atomic E-state index is 13.2. The maximum Gasteiger partial charge on any atom is 0.340 e. The lowest BCUT2D eigenvalue weighted by molar-refractivity contribution is -0.121. The monoisotopic (exact) mass is 535 g/mol. The summed E-state index contributed by atoms with van der Waals surface area (Å²) in [6.45, 7) is 1.11. The molecule has 0 saturated heterocycles. The molecule has 0 aliphatic carbocycles. The molecule has 5 rings (SSSR count). The van der Waals surface area contributed by atoms with Gasteiger partial charge in [-0.15, -0.1) is 0 Å². The van der Waals surface area contributed by atoms with Gasteiger partial charge in [0.2, 0.25) is 5.91 Å². The van der Waals surface area contributed by atoms with Gasteiger partial charge in [-0.2, -0.15) is 0 Å². The fourth-order valence-corrected chi connectivity index (χ4v) is 4.81. The highest BCUT2D eigenvalue weighted by Crippen LogP contribution is 2.57. The van der Waals surface area contributed by atoms with Crippen LogP contribution in [0.2, 0.25) is 0 Å². The Labute approximate surface area is 223 Å². The van der Waals surface area contributed by atoms with Gasteiger partial charge in [-0.25, -0.2) is 4.79 Å². The van der Waals surface area contributed by atoms with Gasteiger partial charge in [0.25, 0.3) is 0 Å². The highest BCUT2D eigenvalue weighted by atomic mass is 32.1. The first kappa shape index (κ1) is 25.3. The van der Waals surface area contributed by atoms with Crippen LogP contribution in [0.5, 0.6) is 23.0 Å². The molecule has 1 spiro atoms. The van der Waals surface area contributed by atoms with Crippen molar-refractivity contribution in [1.29, 1.82) is 0 Å². The highest BCUT2D eigenvalue weighted by molar-refractivity contribution is 7.80. The van der Waals surface area contributed by atoms with E-state index in [2.05, 4.69) is 16.0 Å². The second-order valence-electron chi connectivity index (χ2n) is 8.71. The maximum atomic E-state index is 13.2. The van der Waals surface area contributed by atoms with Crippen molar-refractivity contribution in [3.05, 3.63) is 76.9 Å². The van der Waals surface area contributed by atoms with Gasteiger partial charge in [0.15, 0.2) is 10.7 Å². The molecule has 0 unspecified atom stereocenters. The van der Waals surface area contributed by atoms with Gasteiger partial charge in [-0.1, -0.05) is 6.07 Å². The van der Waals surface area contributed by atoms with E-state index < -0.39 is 11.6 Å². The molecule has 11 heteroatoms. The summed E-state index contributed by atoms with van der Waals surface area (Å²) in [6.07, 6.45) is 0.287. The Morgan fingerprint density at radius 2 is 1.63 bits per heavy atom. The van der Waals surface area contributed by atoms with Gasteiger partial charge in [0.05, 0.1) is 18.8 Å². The number of benzene rings is 3. The number of anilines is 1. The van der Waals surface area contributed by atoms with Crippen molar-refractivity contribution < 1.29 is 34.0 Å². The number of carbonyl (C=O) groups excluding carboxylic acids is 2. The van der Waals surface area contributed by atoms with Crippen molar-refractivity contribution in [3.8, 4) is 23.0 Å². The van der Waals surface area contributed by atoms with E-state index in [-0.39, 0.29) is 23.8 Å². The Balaban J connectivity index is 1.37. The standard InChI is InChI=1S/C27H25N3O7S/c1-28-24(33)8-10-35-11-9-29-26(38)30-15-2-5-19-18(12-15)25(34)37-27(19)20-6-3-16(31)13-22(20)36-23-14-17(32)4-7-21(23)27/h2-7,12-14,31-32H,8-11H2,1H3,(H,28,33)(H2,29,30,38). The number of ether oxygens (including phenoxy) is 3. The fraction of sp³-hybridized carbons (Fsp3) is 0.222. The molecule has 196 valence electrons. The van der Waals surface area contributed by atoms with E-state index in [1.165, 1.54) is 24.3 Å². The van der Waals surface area contributed by atoms with Gasteiger partial charge in [0.1, 0.15) is 23.0 Å². The van der Waals surface area contributed by atoms with Gasteiger partial charge in [0, 0.05) is 54.5 Å². The zero-order valence-electron chi connectivity index (χ0n) is 20.4. The number of nitrogens with one attached hydrogen (secondary N) is 3. The van der Waals surface area contributed by atoms with Gasteiger partial charge >= 0.3 is 5.97 Å². The van der Waals surface area contributed by atoms with Crippen molar-refractivity contribution in [2.45, 2.75) is 12.0 Å². The van der Waals surface area contributed by atoms with Crippen LogP contribution >= 0.6 is 12.2 Å². The van der Waals surface area contributed by atoms with Crippen LogP contribution < -0.4 is 20.7 Å². The Kier molecular flexibility index (Phi) is 6.79. The van der Waals surface area contributed by atoms with Crippen LogP contribution in [0.15, 0.2) is 54.6 Å². The van der Waals surface area contributed by atoms with E-state index in [9.17, 15) is 19.8 Å². The molecule has 0 bridgehead atoms. The molecule has 2 heterocycles. The lowest BCUT2D eigenvalue weighted by atomic mass is 9.77. The molecule has 0 saturated carbocycles. The minimum Gasteiger partial charge on any atom is -0.508 e. The third kappa shape index (κ3) is 4.57. The number of aromatic hydroxyl groups is 2. The Morgan fingerprint density at radius 1 is 0.974 bits per heavy atom. The number of hydrogen-bond acceptors (Lipinski definition) is 8. The molecular weight excluding hydrogens is 510 g/mol. The zero-order valence-corrected chi connectivity index (χ0v) is 21.2. The first-order chi connectivity index (χ1) is 18.3. The molecule has 0 aromatic heterocycles. The SMILES string of the molecule is CNC(=O)CCOCCNC(=S)Nc1ccc2c(c1)C(=O)OC21c2ccc(O)cc2Oc2cc(O)ccc21. The zero-order chi connectivity index (χ0) is 26.9. The smallest absolute Gasteiger partial charge is 0.340 e. The molecular formula is C27H25N3O7S. The molecule has 5 N–H and O–H groups in total. The van der Waals surface area contributed by atoms with Crippen molar-refractivity contribution >= 4 is 34.9 Å². The number of thiocarbonyl (C=S) groups is 1. The summed E-state index contributed by atoms with van der Waals surface area (Å²) in [6, 6.07) is 14.4. The molecule has 3 aromatic carbocycles. The summed E-state index contributed by atoms with van der Waals surface area (Å²) in [5.74, 6) is -0.0141. The number of fused-ring (bicyclic) bond motifs is 6. The molecule has 2 aliphatic rings. The van der Waals surface area contributed by atoms with Crippen LogP contribution in [0.4, 0.5) is 5.69 Å². The summed E-state index contributed by atoms with van der Waals surface area (Å²) in [5.41, 5.74) is 1.30. The predicted octanol–water partition coefficient (Wildman–Crippen LogP) is 3.10. The first-order valence-electron chi connectivity index (χ1n) is 11.9. The molecule has 2 aliphatic heterocycles. The Bertz CT molecular complexity index is 1390. The van der Waals surface area contributed by atoms with Crippen LogP contribution in [0.3, 0.4) is 0 Å². The van der Waals surface area contributed by atoms with Crippen LogP contribution in [-0.2, 0) is 19.9 Å². The second kappa shape index (κ2) is 10.2. The van der Waals surface area contributed by atoms with Crippen molar-refractivity contribution in [2.75, 3.05) is 32.1 Å². The summed E-state index contributed by atoms with van der Waals surface area (Å²) in [4.78, 5) is 24.4. The normalized spacial score (nSPS) is 14.0. The number of hydrogen-bond donors (Lipinski definition) is 5. The molecule has 38 heavy (non-hydrogen) atoms. The molecule has 1 amide bonds. The van der Waals surface area contributed by atoms with E-state index >= 15 is 0 Å². The van der Waals surface area contributed by atoms with Gasteiger partial charge in [-0.05, 0) is 48.6 Å². The van der Waals surface area contributed by atoms with E-state index in [1.807, 2.05) is 0 Å². The third-order valence-electron chi connectivity index (χ3n) is 6.32. The molecule has 10 nitrogen and oxygen atoms in total. The summed E-state index contributed by atoms with van der Waals surface area (Å²) < 4.78 is 17.4. The number of carbonyl (C=O) groups is 2. The summed E-state index contributed by atoms with van der Waals surface area (Å²) >= 11 is 5.36. The fourth-order valence-electron chi connectivity index (χ4n) is 4.59. The van der Waals surface area contributed by atoms with E-state index in [0.717, 1.165) is 0 Å². The van der Waals surface area contributed by atoms with E-state index in [1.54, 1.807) is 37.4 Å². The minimum atomic E-state index is -1.32. The van der Waals surface area contributed by atoms with Crippen LogP contribution in [0.1, 0.15) is 33.5 Å². The molecule has 3 aromatic rings. The average molecular weight is 536 g/mol. The highest BCUT2D eigenvalue weighted by Gasteiger charge is 2.53. The summed E-state index contributed by atoms with van der Waals surface area (Å²) in [7, 11) is 1.57. The quantitative estimate of drug-likeness (QED) is 0.174. The Hall–Kier alpha value is -4.35. The number of esters is 1.